The summed E-state index contributed by atoms with van der Waals surface area (Å²) in [5, 5.41) is 0. The van der Waals surface area contributed by atoms with Crippen LogP contribution in [0.4, 0.5) is 0 Å². The predicted octanol–water partition coefficient (Wildman–Crippen LogP) is -0.377. The summed E-state index contributed by atoms with van der Waals surface area (Å²) in [5.74, 6) is -1.16. The number of cyclic esters (lactones) is 2. The fourth-order valence-corrected chi connectivity index (χ4v) is 0.303. The van der Waals surface area contributed by atoms with Crippen LogP contribution in [0.15, 0.2) is 12.2 Å². The van der Waals surface area contributed by atoms with Gasteiger partial charge in [-0.3, -0.25) is 0 Å². The van der Waals surface area contributed by atoms with Crippen molar-refractivity contribution in [1.29, 1.82) is 0 Å². The first-order valence-corrected chi connectivity index (χ1v) is 1.73. The van der Waals surface area contributed by atoms with Crippen molar-refractivity contribution in [2.45, 2.75) is 0 Å². The second-order valence-electron chi connectivity index (χ2n) is 1.07. The summed E-state index contributed by atoms with van der Waals surface area (Å²) >= 11 is 0. The maximum atomic E-state index is 9.92. The smallest absolute Gasteiger partial charge is 0.338 e. The molecule has 0 aromatic carbocycles. The number of carbonyl (C=O) groups excluding carboxylic acids is 2. The molecule has 1 aliphatic heterocycles. The van der Waals surface area contributed by atoms with Crippen molar-refractivity contribution in [2.24, 2.45) is 0 Å². The third kappa shape index (κ3) is 1.60. The van der Waals surface area contributed by atoms with Gasteiger partial charge in [-0.15, -0.1) is 0 Å². The molecule has 1 rings (SSSR count). The minimum atomic E-state index is -0.579. The van der Waals surface area contributed by atoms with Gasteiger partial charge in [-0.05, 0) is 0 Å². The SMILES string of the molecule is O=C1C=CC(=O)O1.[Ti]. The van der Waals surface area contributed by atoms with E-state index in [9.17, 15) is 9.59 Å². The molecule has 0 saturated heterocycles. The van der Waals surface area contributed by atoms with Gasteiger partial charge in [0.15, 0.2) is 0 Å². The summed E-state index contributed by atoms with van der Waals surface area (Å²) in [6.07, 6.45) is 2.17. The van der Waals surface area contributed by atoms with Gasteiger partial charge >= 0.3 is 11.9 Å². The van der Waals surface area contributed by atoms with E-state index in [2.05, 4.69) is 4.74 Å². The van der Waals surface area contributed by atoms with Crippen LogP contribution in [0.5, 0.6) is 0 Å². The Balaban J connectivity index is 0.000000490. The van der Waals surface area contributed by atoms with Crippen LogP contribution in [0.3, 0.4) is 0 Å². The molecule has 0 unspecified atom stereocenters. The first-order chi connectivity index (χ1) is 3.29. The van der Waals surface area contributed by atoms with E-state index in [0.29, 0.717) is 0 Å². The Labute approximate surface area is 60.6 Å². The zero-order chi connectivity index (χ0) is 5.28. The number of ether oxygens (including phenoxy) is 1. The standard InChI is InChI=1S/C4H2O3.Ti/c5-3-1-2-4(6)7-3;/h1-2H;. The maximum Gasteiger partial charge on any atom is 0.338 e. The van der Waals surface area contributed by atoms with Gasteiger partial charge in [-0.1, -0.05) is 0 Å². The molecular formula is C4H2O3Ti. The average Bonchev–Trinajstić information content (AvgIpc) is 1.87. The molecule has 3 nitrogen and oxygen atoms in total. The van der Waals surface area contributed by atoms with Crippen molar-refractivity contribution in [2.75, 3.05) is 0 Å². The van der Waals surface area contributed by atoms with Crippen LogP contribution in [0.1, 0.15) is 0 Å². The fourth-order valence-electron chi connectivity index (χ4n) is 0.303. The van der Waals surface area contributed by atoms with Crippen LogP contribution < -0.4 is 0 Å². The van der Waals surface area contributed by atoms with E-state index in [0.717, 1.165) is 12.2 Å². The Morgan fingerprint density at radius 3 is 1.62 bits per heavy atom. The molecule has 0 saturated carbocycles. The number of rotatable bonds is 0. The Bertz CT molecular complexity index is 133. The second-order valence-corrected chi connectivity index (χ2v) is 1.07. The van der Waals surface area contributed by atoms with Crippen LogP contribution in [0, 0.1) is 0 Å². The molecule has 1 heterocycles. The third-order valence-corrected chi connectivity index (χ3v) is 0.557. The second kappa shape index (κ2) is 2.79. The molecule has 0 fully saturated rings. The van der Waals surface area contributed by atoms with Gasteiger partial charge in [-0.2, -0.15) is 0 Å². The molecule has 40 valence electrons. The first-order valence-electron chi connectivity index (χ1n) is 1.73. The van der Waals surface area contributed by atoms with Crippen LogP contribution in [-0.2, 0) is 36.0 Å². The summed E-state index contributed by atoms with van der Waals surface area (Å²) < 4.78 is 3.97. The van der Waals surface area contributed by atoms with Crippen molar-refractivity contribution in [3.8, 4) is 0 Å². The van der Waals surface area contributed by atoms with E-state index in [-0.39, 0.29) is 21.7 Å². The van der Waals surface area contributed by atoms with E-state index < -0.39 is 11.9 Å². The molecular weight excluding hydrogens is 144 g/mol. The molecule has 0 radical (unpaired) electrons. The monoisotopic (exact) mass is 146 g/mol. The Morgan fingerprint density at radius 1 is 1.12 bits per heavy atom. The Morgan fingerprint density at radius 2 is 1.50 bits per heavy atom. The van der Waals surface area contributed by atoms with Gasteiger partial charge in [-0.25, -0.2) is 9.59 Å². The number of hydrogen-bond donors (Lipinski definition) is 0. The summed E-state index contributed by atoms with van der Waals surface area (Å²) in [6.45, 7) is 0. The zero-order valence-corrected chi connectivity index (χ0v) is 5.44. The third-order valence-electron chi connectivity index (χ3n) is 0.557. The fraction of sp³-hybridized carbons (Fsp3) is 0. The van der Waals surface area contributed by atoms with E-state index in [1.54, 1.807) is 0 Å². The van der Waals surface area contributed by atoms with E-state index in [4.69, 9.17) is 0 Å². The largest absolute Gasteiger partial charge is 0.387 e. The van der Waals surface area contributed by atoms with E-state index >= 15 is 0 Å². The van der Waals surface area contributed by atoms with Crippen LogP contribution in [-0.4, -0.2) is 11.9 Å². The molecule has 0 atom stereocenters. The van der Waals surface area contributed by atoms with Gasteiger partial charge < -0.3 is 4.74 Å². The van der Waals surface area contributed by atoms with Gasteiger partial charge in [0.2, 0.25) is 0 Å². The van der Waals surface area contributed by atoms with Crippen LogP contribution in [0.2, 0.25) is 0 Å². The predicted molar refractivity (Wildman–Crippen MR) is 20.2 cm³/mol. The van der Waals surface area contributed by atoms with Crippen molar-refractivity contribution in [3.63, 3.8) is 0 Å². The molecule has 0 bridgehead atoms. The van der Waals surface area contributed by atoms with Crippen molar-refractivity contribution < 1.29 is 36.0 Å². The first kappa shape index (κ1) is 7.59. The van der Waals surface area contributed by atoms with E-state index in [1.165, 1.54) is 0 Å². The molecule has 8 heavy (non-hydrogen) atoms. The van der Waals surface area contributed by atoms with Gasteiger partial charge in [0, 0.05) is 33.9 Å². The van der Waals surface area contributed by atoms with Crippen molar-refractivity contribution in [1.82, 2.24) is 0 Å². The zero-order valence-electron chi connectivity index (χ0n) is 3.88. The van der Waals surface area contributed by atoms with Crippen LogP contribution >= 0.6 is 0 Å². The molecule has 0 aliphatic carbocycles. The quantitative estimate of drug-likeness (QED) is 0.266. The summed E-state index contributed by atoms with van der Waals surface area (Å²) in [4.78, 5) is 19.8. The topological polar surface area (TPSA) is 43.4 Å². The summed E-state index contributed by atoms with van der Waals surface area (Å²) in [6, 6.07) is 0. The van der Waals surface area contributed by atoms with Crippen molar-refractivity contribution in [3.05, 3.63) is 12.2 Å². The Kier molecular flexibility index (Phi) is 2.65. The molecule has 1 aliphatic rings. The van der Waals surface area contributed by atoms with Gasteiger partial charge in [0.1, 0.15) is 0 Å². The van der Waals surface area contributed by atoms with E-state index in [1.807, 2.05) is 0 Å². The van der Waals surface area contributed by atoms with Crippen LogP contribution in [0.25, 0.3) is 0 Å². The normalized spacial score (nSPS) is 15.5. The van der Waals surface area contributed by atoms with Gasteiger partial charge in [0.05, 0.1) is 0 Å². The Hall–Kier alpha value is -0.406. The minimum absolute atomic E-state index is 0. The summed E-state index contributed by atoms with van der Waals surface area (Å²) in [7, 11) is 0. The molecule has 4 heteroatoms. The summed E-state index contributed by atoms with van der Waals surface area (Å²) in [5.41, 5.74) is 0. The number of carbonyl (C=O) groups is 2. The maximum absolute atomic E-state index is 9.92. The molecule has 0 aromatic heterocycles. The average molecular weight is 146 g/mol. The molecule has 0 amide bonds. The molecule has 0 N–H and O–H groups in total. The minimum Gasteiger partial charge on any atom is -0.387 e. The van der Waals surface area contributed by atoms with Crippen molar-refractivity contribution >= 4 is 11.9 Å². The number of esters is 2. The molecule has 0 spiro atoms. The van der Waals surface area contributed by atoms with Gasteiger partial charge in [0.25, 0.3) is 0 Å². The molecule has 0 aromatic rings. The number of hydrogen-bond acceptors (Lipinski definition) is 3.